The SMILES string of the molecule is CC(=O)Nc1ccc(N2C(=O)CC(N(CCC3=CCCCC3)S(=O)(=O)c3ccccc3)C2=O)cc1. The molecule has 0 radical (unpaired) electrons. The number of hydrogen-bond acceptors (Lipinski definition) is 5. The number of allylic oxidation sites excluding steroid dienone is 1. The summed E-state index contributed by atoms with van der Waals surface area (Å²) < 4.78 is 28.4. The van der Waals surface area contributed by atoms with Crippen molar-refractivity contribution in [3.05, 3.63) is 66.2 Å². The van der Waals surface area contributed by atoms with E-state index in [2.05, 4.69) is 11.4 Å². The molecule has 0 saturated carbocycles. The Hall–Kier alpha value is -3.30. The zero-order valence-corrected chi connectivity index (χ0v) is 20.5. The van der Waals surface area contributed by atoms with Gasteiger partial charge >= 0.3 is 0 Å². The van der Waals surface area contributed by atoms with E-state index in [1.54, 1.807) is 42.5 Å². The highest BCUT2D eigenvalue weighted by Crippen LogP contribution is 2.31. The van der Waals surface area contributed by atoms with E-state index in [-0.39, 0.29) is 23.8 Å². The van der Waals surface area contributed by atoms with Crippen LogP contribution in [0.4, 0.5) is 11.4 Å². The topological polar surface area (TPSA) is 104 Å². The van der Waals surface area contributed by atoms with Crippen LogP contribution in [-0.4, -0.2) is 43.0 Å². The molecule has 8 nitrogen and oxygen atoms in total. The van der Waals surface area contributed by atoms with E-state index in [1.807, 2.05) is 0 Å². The fourth-order valence-electron chi connectivity index (χ4n) is 4.57. The number of nitrogens with zero attached hydrogens (tertiary/aromatic N) is 2. The molecule has 1 atom stereocenters. The molecule has 184 valence electrons. The van der Waals surface area contributed by atoms with Crippen molar-refractivity contribution in [2.24, 2.45) is 0 Å². The first-order valence-electron chi connectivity index (χ1n) is 11.8. The van der Waals surface area contributed by atoms with Crippen molar-refractivity contribution < 1.29 is 22.8 Å². The van der Waals surface area contributed by atoms with Crippen molar-refractivity contribution >= 4 is 39.1 Å². The molecule has 2 aromatic rings. The second-order valence-electron chi connectivity index (χ2n) is 8.80. The lowest BCUT2D eigenvalue weighted by Gasteiger charge is -2.27. The first-order valence-corrected chi connectivity index (χ1v) is 13.2. The third-order valence-electron chi connectivity index (χ3n) is 6.30. The Bertz CT molecular complexity index is 1240. The Morgan fingerprint density at radius 2 is 1.77 bits per heavy atom. The van der Waals surface area contributed by atoms with Crippen molar-refractivity contribution in [1.82, 2.24) is 4.31 Å². The molecule has 1 aliphatic heterocycles. The van der Waals surface area contributed by atoms with Crippen LogP contribution in [0.3, 0.4) is 0 Å². The highest BCUT2D eigenvalue weighted by Gasteiger charge is 2.46. The summed E-state index contributed by atoms with van der Waals surface area (Å²) in [6.07, 6.45) is 6.54. The zero-order chi connectivity index (χ0) is 25.0. The maximum Gasteiger partial charge on any atom is 0.252 e. The van der Waals surface area contributed by atoms with Gasteiger partial charge in [0.2, 0.25) is 21.8 Å². The summed E-state index contributed by atoms with van der Waals surface area (Å²) in [7, 11) is -4.01. The number of amides is 3. The van der Waals surface area contributed by atoms with Crippen LogP contribution < -0.4 is 10.2 Å². The van der Waals surface area contributed by atoms with Crippen LogP contribution in [-0.2, 0) is 24.4 Å². The number of carbonyl (C=O) groups is 3. The Balaban J connectivity index is 1.62. The van der Waals surface area contributed by atoms with Gasteiger partial charge in [0.25, 0.3) is 5.91 Å². The van der Waals surface area contributed by atoms with Crippen LogP contribution in [0.1, 0.15) is 45.4 Å². The minimum absolute atomic E-state index is 0.0935. The average molecular weight is 496 g/mol. The zero-order valence-electron chi connectivity index (χ0n) is 19.6. The number of imide groups is 1. The van der Waals surface area contributed by atoms with Crippen molar-refractivity contribution in [3.8, 4) is 0 Å². The summed E-state index contributed by atoms with van der Waals surface area (Å²) >= 11 is 0. The Morgan fingerprint density at radius 1 is 1.06 bits per heavy atom. The fraction of sp³-hybridized carbons (Fsp3) is 0.346. The van der Waals surface area contributed by atoms with E-state index in [0.29, 0.717) is 17.8 Å². The standard InChI is InChI=1S/C26H29N3O5S/c1-19(30)27-21-12-14-22(15-13-21)29-25(31)18-24(26(29)32)28(17-16-20-8-4-2-5-9-20)35(33,34)23-10-6-3-7-11-23/h3,6-8,10-15,24H,2,4-5,9,16-18H2,1H3,(H,27,30). The monoisotopic (exact) mass is 495 g/mol. The molecule has 1 heterocycles. The molecule has 1 N–H and O–H groups in total. The van der Waals surface area contributed by atoms with Gasteiger partial charge in [0.1, 0.15) is 6.04 Å². The summed E-state index contributed by atoms with van der Waals surface area (Å²) in [5.41, 5.74) is 2.06. The fourth-order valence-corrected chi connectivity index (χ4v) is 6.17. The Labute approximate surface area is 205 Å². The van der Waals surface area contributed by atoms with Crippen LogP contribution in [0, 0.1) is 0 Å². The summed E-state index contributed by atoms with van der Waals surface area (Å²) in [5, 5.41) is 2.64. The van der Waals surface area contributed by atoms with Gasteiger partial charge in [0.15, 0.2) is 0 Å². The lowest BCUT2D eigenvalue weighted by molar-refractivity contribution is -0.122. The van der Waals surface area contributed by atoms with E-state index in [4.69, 9.17) is 0 Å². The molecule has 35 heavy (non-hydrogen) atoms. The molecular weight excluding hydrogens is 466 g/mol. The first kappa shape index (κ1) is 24.8. The molecule has 2 aromatic carbocycles. The van der Waals surface area contributed by atoms with Crippen LogP contribution in [0.2, 0.25) is 0 Å². The second kappa shape index (κ2) is 10.5. The van der Waals surface area contributed by atoms with Crippen LogP contribution >= 0.6 is 0 Å². The van der Waals surface area contributed by atoms with E-state index in [0.717, 1.165) is 30.6 Å². The molecule has 0 spiro atoms. The molecule has 4 rings (SSSR count). The second-order valence-corrected chi connectivity index (χ2v) is 10.7. The molecule has 2 aliphatic rings. The van der Waals surface area contributed by atoms with Crippen LogP contribution in [0.5, 0.6) is 0 Å². The lowest BCUT2D eigenvalue weighted by atomic mass is 9.97. The Kier molecular flexibility index (Phi) is 7.47. The third-order valence-corrected chi connectivity index (χ3v) is 8.23. The van der Waals surface area contributed by atoms with E-state index < -0.39 is 27.9 Å². The van der Waals surface area contributed by atoms with Crippen molar-refractivity contribution in [3.63, 3.8) is 0 Å². The summed E-state index contributed by atoms with van der Waals surface area (Å²) in [5.74, 6) is -1.27. The number of hydrogen-bond donors (Lipinski definition) is 1. The predicted octanol–water partition coefficient (Wildman–Crippen LogP) is 3.86. The van der Waals surface area contributed by atoms with E-state index in [9.17, 15) is 22.8 Å². The van der Waals surface area contributed by atoms with Gasteiger partial charge < -0.3 is 5.32 Å². The molecule has 1 fully saturated rings. The number of anilines is 2. The van der Waals surface area contributed by atoms with E-state index >= 15 is 0 Å². The molecular formula is C26H29N3O5S. The lowest BCUT2D eigenvalue weighted by Crippen LogP contribution is -2.46. The number of nitrogens with one attached hydrogen (secondary N) is 1. The minimum Gasteiger partial charge on any atom is -0.326 e. The van der Waals surface area contributed by atoms with Gasteiger partial charge in [0.05, 0.1) is 17.0 Å². The Morgan fingerprint density at radius 3 is 2.40 bits per heavy atom. The summed E-state index contributed by atoms with van der Waals surface area (Å²) in [4.78, 5) is 38.8. The maximum absolute atomic E-state index is 13.6. The smallest absolute Gasteiger partial charge is 0.252 e. The third kappa shape index (κ3) is 5.52. The number of sulfonamides is 1. The number of carbonyl (C=O) groups excluding carboxylic acids is 3. The van der Waals surface area contributed by atoms with Gasteiger partial charge in [-0.15, -0.1) is 0 Å². The van der Waals surface area contributed by atoms with Crippen molar-refractivity contribution in [2.45, 2.75) is 56.4 Å². The van der Waals surface area contributed by atoms with E-state index in [1.165, 1.54) is 28.9 Å². The van der Waals surface area contributed by atoms with Gasteiger partial charge in [-0.05, 0) is 68.5 Å². The predicted molar refractivity (Wildman–Crippen MR) is 133 cm³/mol. The molecule has 0 aromatic heterocycles. The average Bonchev–Trinajstić information content (AvgIpc) is 3.14. The summed E-state index contributed by atoms with van der Waals surface area (Å²) in [6.45, 7) is 1.51. The van der Waals surface area contributed by atoms with Crippen LogP contribution in [0.15, 0.2) is 71.1 Å². The van der Waals surface area contributed by atoms with Crippen molar-refractivity contribution in [1.29, 1.82) is 0 Å². The highest BCUT2D eigenvalue weighted by molar-refractivity contribution is 7.89. The van der Waals surface area contributed by atoms with Crippen LogP contribution in [0.25, 0.3) is 0 Å². The van der Waals surface area contributed by atoms with Crippen molar-refractivity contribution in [2.75, 3.05) is 16.8 Å². The normalized spacial score (nSPS) is 18.6. The molecule has 1 aliphatic carbocycles. The number of rotatable bonds is 8. The maximum atomic E-state index is 13.6. The highest BCUT2D eigenvalue weighted by atomic mass is 32.2. The minimum atomic E-state index is -4.01. The first-order chi connectivity index (χ1) is 16.8. The quantitative estimate of drug-likeness (QED) is 0.442. The van der Waals surface area contributed by atoms with Gasteiger partial charge in [-0.2, -0.15) is 4.31 Å². The molecule has 0 bridgehead atoms. The molecule has 9 heteroatoms. The molecule has 3 amide bonds. The van der Waals surface area contributed by atoms with Gasteiger partial charge in [0, 0.05) is 19.2 Å². The summed E-state index contributed by atoms with van der Waals surface area (Å²) in [6, 6.07) is 13.2. The van der Waals surface area contributed by atoms with Gasteiger partial charge in [-0.25, -0.2) is 13.3 Å². The largest absolute Gasteiger partial charge is 0.326 e. The van der Waals surface area contributed by atoms with Gasteiger partial charge in [-0.1, -0.05) is 29.8 Å². The number of benzene rings is 2. The molecule has 1 saturated heterocycles. The van der Waals surface area contributed by atoms with Gasteiger partial charge in [-0.3, -0.25) is 14.4 Å². The molecule has 1 unspecified atom stereocenters.